The van der Waals surface area contributed by atoms with E-state index in [0.29, 0.717) is 13.1 Å². The van der Waals surface area contributed by atoms with E-state index in [-0.39, 0.29) is 0 Å². The van der Waals surface area contributed by atoms with Gasteiger partial charge < -0.3 is 10.2 Å². The van der Waals surface area contributed by atoms with Gasteiger partial charge in [-0.05, 0) is 24.6 Å². The fraction of sp³-hybridized carbons (Fsp3) is 0.273. The van der Waals surface area contributed by atoms with Crippen LogP contribution in [0.5, 0.6) is 0 Å². The number of benzene rings is 1. The highest BCUT2D eigenvalue weighted by molar-refractivity contribution is 6.41. The van der Waals surface area contributed by atoms with Gasteiger partial charge in [0.05, 0.1) is 0 Å². The van der Waals surface area contributed by atoms with E-state index in [0.717, 1.165) is 11.3 Å². The molecule has 1 aliphatic heterocycles. The lowest BCUT2D eigenvalue weighted by Gasteiger charge is -2.26. The lowest BCUT2D eigenvalue weighted by atomic mass is 10.2. The third-order valence-corrected chi connectivity index (χ3v) is 2.37. The first kappa shape index (κ1) is 9.71. The lowest BCUT2D eigenvalue weighted by Crippen LogP contribution is -2.52. The van der Waals surface area contributed by atoms with E-state index >= 15 is 0 Å². The Morgan fingerprint density at radius 2 is 2.13 bits per heavy atom. The molecule has 1 aromatic carbocycles. The first-order valence-corrected chi connectivity index (χ1v) is 4.85. The molecule has 0 saturated carbocycles. The fourth-order valence-electron chi connectivity index (χ4n) is 1.62. The molecule has 0 bridgehead atoms. The molecular formula is C11H12N2O2. The van der Waals surface area contributed by atoms with Gasteiger partial charge in [-0.15, -0.1) is 0 Å². The molecule has 2 amide bonds. The Bertz CT molecular complexity index is 415. The van der Waals surface area contributed by atoms with Gasteiger partial charge >= 0.3 is 11.8 Å². The Hall–Kier alpha value is -1.84. The zero-order valence-corrected chi connectivity index (χ0v) is 8.49. The second-order valence-corrected chi connectivity index (χ2v) is 3.55. The van der Waals surface area contributed by atoms with Crippen LogP contribution in [-0.4, -0.2) is 24.9 Å². The Balaban J connectivity index is 2.30. The first-order chi connectivity index (χ1) is 7.18. The van der Waals surface area contributed by atoms with Gasteiger partial charge in [0.1, 0.15) is 0 Å². The number of amides is 2. The summed E-state index contributed by atoms with van der Waals surface area (Å²) in [6.45, 7) is 3.00. The molecule has 1 aromatic rings. The predicted octanol–water partition coefficient (Wildman–Crippen LogP) is 0.458. The number of hydrogen-bond donors (Lipinski definition) is 1. The number of anilines is 1. The van der Waals surface area contributed by atoms with Crippen molar-refractivity contribution in [3.8, 4) is 0 Å². The number of aryl methyl sites for hydroxylation is 1. The SMILES string of the molecule is Cc1cccc(N2CCNC(=O)C2=O)c1. The highest BCUT2D eigenvalue weighted by Crippen LogP contribution is 2.16. The zero-order valence-electron chi connectivity index (χ0n) is 8.49. The molecule has 0 atom stereocenters. The van der Waals surface area contributed by atoms with Gasteiger partial charge in [0.25, 0.3) is 0 Å². The summed E-state index contributed by atoms with van der Waals surface area (Å²) in [5.41, 5.74) is 1.86. The van der Waals surface area contributed by atoms with E-state index in [2.05, 4.69) is 5.32 Å². The average Bonchev–Trinajstić information content (AvgIpc) is 2.22. The van der Waals surface area contributed by atoms with Crippen molar-refractivity contribution in [1.29, 1.82) is 0 Å². The molecule has 4 heteroatoms. The van der Waals surface area contributed by atoms with Crippen molar-refractivity contribution in [3.05, 3.63) is 29.8 Å². The van der Waals surface area contributed by atoms with Crippen LogP contribution in [0.25, 0.3) is 0 Å². The third kappa shape index (κ3) is 1.83. The Morgan fingerprint density at radius 1 is 1.33 bits per heavy atom. The number of piperazine rings is 1. The maximum Gasteiger partial charge on any atom is 0.316 e. The number of rotatable bonds is 1. The summed E-state index contributed by atoms with van der Waals surface area (Å²) < 4.78 is 0. The molecule has 1 saturated heterocycles. The normalized spacial score (nSPS) is 16.5. The standard InChI is InChI=1S/C11H12N2O2/c1-8-3-2-4-9(7-8)13-6-5-12-10(14)11(13)15/h2-4,7H,5-6H2,1H3,(H,12,14). The number of nitrogens with one attached hydrogen (secondary N) is 1. The predicted molar refractivity (Wildman–Crippen MR) is 56.5 cm³/mol. The minimum Gasteiger partial charge on any atom is -0.346 e. The summed E-state index contributed by atoms with van der Waals surface area (Å²) in [5, 5.41) is 2.52. The van der Waals surface area contributed by atoms with Crippen LogP contribution < -0.4 is 10.2 Å². The Labute approximate surface area is 87.9 Å². The molecule has 0 aromatic heterocycles. The minimum absolute atomic E-state index is 0.480. The van der Waals surface area contributed by atoms with Crippen LogP contribution in [0.4, 0.5) is 5.69 Å². The molecule has 0 spiro atoms. The maximum atomic E-state index is 11.6. The van der Waals surface area contributed by atoms with E-state index in [1.165, 1.54) is 4.90 Å². The van der Waals surface area contributed by atoms with Crippen molar-refractivity contribution in [1.82, 2.24) is 5.32 Å². The second kappa shape index (κ2) is 3.73. The summed E-state index contributed by atoms with van der Waals surface area (Å²) in [7, 11) is 0. The van der Waals surface area contributed by atoms with Gasteiger partial charge in [-0.1, -0.05) is 12.1 Å². The monoisotopic (exact) mass is 204 g/mol. The van der Waals surface area contributed by atoms with Crippen LogP contribution in [0.15, 0.2) is 24.3 Å². The molecule has 1 fully saturated rings. The topological polar surface area (TPSA) is 49.4 Å². The highest BCUT2D eigenvalue weighted by atomic mass is 16.2. The number of nitrogens with zero attached hydrogens (tertiary/aromatic N) is 1. The number of hydrogen-bond acceptors (Lipinski definition) is 2. The average molecular weight is 204 g/mol. The smallest absolute Gasteiger partial charge is 0.316 e. The summed E-state index contributed by atoms with van der Waals surface area (Å²) in [6, 6.07) is 7.57. The van der Waals surface area contributed by atoms with Gasteiger partial charge in [-0.25, -0.2) is 0 Å². The molecule has 15 heavy (non-hydrogen) atoms. The van der Waals surface area contributed by atoms with Crippen molar-refractivity contribution in [2.24, 2.45) is 0 Å². The number of carbonyl (C=O) groups excluding carboxylic acids is 2. The van der Waals surface area contributed by atoms with Gasteiger partial charge in [-0.3, -0.25) is 9.59 Å². The second-order valence-electron chi connectivity index (χ2n) is 3.55. The minimum atomic E-state index is -0.525. The first-order valence-electron chi connectivity index (χ1n) is 4.85. The third-order valence-electron chi connectivity index (χ3n) is 2.37. The lowest BCUT2D eigenvalue weighted by molar-refractivity contribution is -0.138. The zero-order chi connectivity index (χ0) is 10.8. The fourth-order valence-corrected chi connectivity index (χ4v) is 1.62. The van der Waals surface area contributed by atoms with E-state index < -0.39 is 11.8 Å². The molecular weight excluding hydrogens is 192 g/mol. The molecule has 0 unspecified atom stereocenters. The molecule has 0 aliphatic carbocycles. The summed E-state index contributed by atoms with van der Waals surface area (Å²) in [6.07, 6.45) is 0. The molecule has 1 heterocycles. The van der Waals surface area contributed by atoms with Gasteiger partial charge in [0, 0.05) is 18.8 Å². The largest absolute Gasteiger partial charge is 0.346 e. The molecule has 78 valence electrons. The van der Waals surface area contributed by atoms with E-state index in [4.69, 9.17) is 0 Å². The number of carbonyl (C=O) groups is 2. The summed E-state index contributed by atoms with van der Waals surface area (Å²) in [4.78, 5) is 24.2. The van der Waals surface area contributed by atoms with E-state index in [1.54, 1.807) is 0 Å². The summed E-state index contributed by atoms with van der Waals surface area (Å²) in [5.74, 6) is -1.00. The Kier molecular flexibility index (Phi) is 2.41. The van der Waals surface area contributed by atoms with Crippen LogP contribution in [0.3, 0.4) is 0 Å². The van der Waals surface area contributed by atoms with Crippen LogP contribution >= 0.6 is 0 Å². The van der Waals surface area contributed by atoms with Crippen molar-refractivity contribution in [2.45, 2.75) is 6.92 Å². The van der Waals surface area contributed by atoms with Crippen molar-refractivity contribution in [2.75, 3.05) is 18.0 Å². The Morgan fingerprint density at radius 3 is 2.87 bits per heavy atom. The molecule has 1 aliphatic rings. The maximum absolute atomic E-state index is 11.6. The van der Waals surface area contributed by atoms with Crippen molar-refractivity contribution < 1.29 is 9.59 Å². The molecule has 2 rings (SSSR count). The van der Waals surface area contributed by atoms with Gasteiger partial charge in [0.15, 0.2) is 0 Å². The van der Waals surface area contributed by atoms with Crippen LogP contribution in [-0.2, 0) is 9.59 Å². The van der Waals surface area contributed by atoms with Gasteiger partial charge in [-0.2, -0.15) is 0 Å². The summed E-state index contributed by atoms with van der Waals surface area (Å²) >= 11 is 0. The van der Waals surface area contributed by atoms with Crippen LogP contribution in [0, 0.1) is 6.92 Å². The van der Waals surface area contributed by atoms with Crippen molar-refractivity contribution in [3.63, 3.8) is 0 Å². The molecule has 4 nitrogen and oxygen atoms in total. The molecule has 0 radical (unpaired) electrons. The van der Waals surface area contributed by atoms with Crippen LogP contribution in [0.1, 0.15) is 5.56 Å². The van der Waals surface area contributed by atoms with Gasteiger partial charge in [0.2, 0.25) is 0 Å². The molecule has 1 N–H and O–H groups in total. The highest BCUT2D eigenvalue weighted by Gasteiger charge is 2.26. The van der Waals surface area contributed by atoms with Crippen molar-refractivity contribution >= 4 is 17.5 Å². The van der Waals surface area contributed by atoms with E-state index in [1.807, 2.05) is 31.2 Å². The van der Waals surface area contributed by atoms with Crippen LogP contribution in [0.2, 0.25) is 0 Å². The quantitative estimate of drug-likeness (QED) is 0.675. The van der Waals surface area contributed by atoms with E-state index in [9.17, 15) is 9.59 Å².